The van der Waals surface area contributed by atoms with E-state index in [0.717, 1.165) is 237 Å². The Morgan fingerprint density at radius 1 is 0.126 bits per heavy atom. The lowest BCUT2D eigenvalue weighted by Crippen LogP contribution is -1.86. The second kappa shape index (κ2) is 29.0. The molecule has 9 nitrogen and oxygen atoms in total. The highest BCUT2D eigenvalue weighted by atomic mass is 16.4. The third-order valence-corrected chi connectivity index (χ3v) is 25.7. The Morgan fingerprint density at radius 2 is 0.362 bits per heavy atom. The van der Waals surface area contributed by atoms with Crippen LogP contribution in [0.1, 0.15) is 22.3 Å². The monoisotopic (exact) mass is 1630 g/mol. The van der Waals surface area contributed by atoms with Crippen molar-refractivity contribution in [3.8, 4) is 66.8 Å². The van der Waals surface area contributed by atoms with Crippen molar-refractivity contribution in [3.05, 3.63) is 398 Å². The van der Waals surface area contributed by atoms with Crippen LogP contribution in [0.4, 0.5) is 0 Å². The maximum absolute atomic E-state index is 6.65. The van der Waals surface area contributed by atoms with E-state index < -0.39 is 0 Å². The number of para-hydroxylation sites is 11. The van der Waals surface area contributed by atoms with Crippen LogP contribution < -0.4 is 0 Å². The van der Waals surface area contributed by atoms with Crippen molar-refractivity contribution >= 4 is 197 Å². The zero-order valence-corrected chi connectivity index (χ0v) is 69.5. The summed E-state index contributed by atoms with van der Waals surface area (Å²) in [5.41, 5.74) is 34.3. The second-order valence-electron chi connectivity index (χ2n) is 33.1. The maximum Gasteiger partial charge on any atom is 0.144 e. The highest BCUT2D eigenvalue weighted by molar-refractivity contribution is 6.23. The predicted octanol–water partition coefficient (Wildman–Crippen LogP) is 35.1. The first-order valence-electron chi connectivity index (χ1n) is 43.0. The Balaban J connectivity index is 0.0000000933. The van der Waals surface area contributed by atoms with E-state index >= 15 is 0 Å². The highest BCUT2D eigenvalue weighted by Crippen LogP contribution is 2.50. The summed E-state index contributed by atoms with van der Waals surface area (Å²) in [5.74, 6) is 0. The lowest BCUT2D eigenvalue weighted by atomic mass is 9.92. The van der Waals surface area contributed by atoms with E-state index in [-0.39, 0.29) is 0 Å². The topological polar surface area (TPSA) is 118 Å². The highest BCUT2D eigenvalue weighted by Gasteiger charge is 2.26. The normalized spacial score (nSPS) is 11.9. The van der Waals surface area contributed by atoms with Gasteiger partial charge in [-0.2, -0.15) is 0 Å². The molecule has 9 heterocycles. The molecule has 0 amide bonds. The molecule has 0 saturated heterocycles. The van der Waals surface area contributed by atoms with Gasteiger partial charge in [-0.15, -0.1) is 0 Å². The summed E-state index contributed by atoms with van der Waals surface area (Å²) in [5, 5.41) is 20.6. The molecule has 0 unspecified atom stereocenters. The van der Waals surface area contributed by atoms with Crippen LogP contribution in [0, 0.1) is 27.7 Å². The van der Waals surface area contributed by atoms with Crippen LogP contribution >= 0.6 is 0 Å². The third-order valence-electron chi connectivity index (χ3n) is 25.7. The van der Waals surface area contributed by atoms with Gasteiger partial charge in [0.05, 0.1) is 0 Å². The van der Waals surface area contributed by atoms with Crippen molar-refractivity contribution in [3.63, 3.8) is 0 Å². The fourth-order valence-electron chi connectivity index (χ4n) is 19.7. The number of benzene rings is 19. The molecular weight excluding hydrogens is 1560 g/mol. The van der Waals surface area contributed by atoms with Gasteiger partial charge in [-0.3, -0.25) is 0 Å². The number of fused-ring (bicyclic) bond motifs is 27. The first-order valence-corrected chi connectivity index (χ1v) is 43.0. The molecule has 28 aromatic rings. The van der Waals surface area contributed by atoms with Gasteiger partial charge in [-0.05, 0) is 163 Å². The average Bonchev–Trinajstić information content (AvgIpc) is 1.59. The standard InChI is InChI=1S/C37H22O3.C31H20O2.2C25H16O2/c1-21-17-18-26(36-33(21)28-10-3-6-15-31(28)39-36)27-20-19-23(34-29-11-4-7-16-32(29)40-37(27)34)25-13-8-12-24-22-9-2-5-14-30(22)38-35(24)25;1-19-13-18-23(31-29(19)26-8-3-5-12-28(26)33-31)21-16-14-20(15-17-21)22-9-6-10-25-24-7-2-4-11-27(24)32-30(22)25;1-15-10-12-17(25-24(15)20-7-3-5-9-22(20)27-25)16-11-13-19-18-6-2-4-8-21(18)26-23(19)14-16;1-15-10-12-17(25-24(15)19-7-3-5-9-22(19)27-25)16-11-13-23-20(14-16)18-6-2-4-8-21(18)26-23/h2-20H,1H3;2-18H,1H3;2*2-14H,1H3. The van der Waals surface area contributed by atoms with Crippen LogP contribution in [0.2, 0.25) is 0 Å². The third kappa shape index (κ3) is 11.8. The van der Waals surface area contributed by atoms with E-state index in [1.807, 2.05) is 121 Å². The number of rotatable bonds is 6. The molecule has 0 atom stereocenters. The van der Waals surface area contributed by atoms with Gasteiger partial charge < -0.3 is 39.8 Å². The summed E-state index contributed by atoms with van der Waals surface area (Å²) >= 11 is 0. The number of aryl methyl sites for hydroxylation is 4. The molecule has 0 bridgehead atoms. The van der Waals surface area contributed by atoms with E-state index in [9.17, 15) is 0 Å². The Morgan fingerprint density at radius 3 is 0.795 bits per heavy atom. The largest absolute Gasteiger partial charge is 0.456 e. The number of furan rings is 9. The van der Waals surface area contributed by atoms with Crippen molar-refractivity contribution in [1.82, 2.24) is 0 Å². The van der Waals surface area contributed by atoms with Gasteiger partial charge in [0.1, 0.15) is 100 Å². The fraction of sp³-hybridized carbons (Fsp3) is 0.0339. The average molecular weight is 1640 g/mol. The summed E-state index contributed by atoms with van der Waals surface area (Å²) < 4.78 is 56.7. The molecule has 19 aromatic carbocycles. The molecule has 28 rings (SSSR count). The quantitative estimate of drug-likeness (QED) is 0.160. The smallest absolute Gasteiger partial charge is 0.144 e. The van der Waals surface area contributed by atoms with E-state index in [2.05, 4.69) is 282 Å². The zero-order chi connectivity index (χ0) is 84.2. The molecule has 9 aromatic heterocycles. The molecule has 0 radical (unpaired) electrons. The van der Waals surface area contributed by atoms with E-state index in [4.69, 9.17) is 39.8 Å². The van der Waals surface area contributed by atoms with E-state index in [1.165, 1.54) is 49.2 Å². The maximum atomic E-state index is 6.65. The molecule has 600 valence electrons. The fourth-order valence-corrected chi connectivity index (χ4v) is 19.7. The molecule has 127 heavy (non-hydrogen) atoms. The number of hydrogen-bond donors (Lipinski definition) is 0. The van der Waals surface area contributed by atoms with Gasteiger partial charge in [0.2, 0.25) is 0 Å². The van der Waals surface area contributed by atoms with Crippen LogP contribution in [-0.2, 0) is 0 Å². The minimum Gasteiger partial charge on any atom is -0.456 e. The molecule has 9 heteroatoms. The molecule has 0 aliphatic carbocycles. The predicted molar refractivity (Wildman–Crippen MR) is 523 cm³/mol. The molecular formula is C118H74O9. The van der Waals surface area contributed by atoms with Gasteiger partial charge in [0.15, 0.2) is 0 Å². The van der Waals surface area contributed by atoms with Crippen LogP contribution in [0.5, 0.6) is 0 Å². The van der Waals surface area contributed by atoms with E-state index in [1.54, 1.807) is 0 Å². The Labute approximate surface area is 725 Å². The van der Waals surface area contributed by atoms with Gasteiger partial charge in [0.25, 0.3) is 0 Å². The molecule has 0 aliphatic heterocycles. The van der Waals surface area contributed by atoms with Gasteiger partial charge in [-0.1, -0.05) is 291 Å². The van der Waals surface area contributed by atoms with Gasteiger partial charge >= 0.3 is 0 Å². The molecule has 0 spiro atoms. The Hall–Kier alpha value is -16.6. The van der Waals surface area contributed by atoms with Crippen LogP contribution in [0.25, 0.3) is 264 Å². The van der Waals surface area contributed by atoms with Gasteiger partial charge in [0, 0.05) is 136 Å². The summed E-state index contributed by atoms with van der Waals surface area (Å²) in [6.45, 7) is 8.56. The molecule has 0 aliphatic rings. The van der Waals surface area contributed by atoms with Crippen molar-refractivity contribution in [2.75, 3.05) is 0 Å². The van der Waals surface area contributed by atoms with Gasteiger partial charge in [-0.25, -0.2) is 0 Å². The van der Waals surface area contributed by atoms with Crippen LogP contribution in [-0.4, -0.2) is 0 Å². The number of hydrogen-bond acceptors (Lipinski definition) is 9. The van der Waals surface area contributed by atoms with Crippen molar-refractivity contribution < 1.29 is 39.8 Å². The summed E-state index contributed by atoms with van der Waals surface area (Å²) in [6.07, 6.45) is 0. The SMILES string of the molecule is Cc1ccc(-c2ccc(-c3cccc4c3oc3ccccc34)c3c2oc2ccccc23)c2oc3ccccc3c12.Cc1ccc(-c2ccc(-c3cccc4c3oc3ccccc34)cc2)c2oc3ccccc3c12.Cc1ccc(-c2ccc3c(c2)oc2ccccc23)c2oc3ccccc3c12.Cc1ccc(-c2ccc3oc4ccccc4c3c2)c2oc3ccccc3c12. The summed E-state index contributed by atoms with van der Waals surface area (Å²) in [7, 11) is 0. The molecule has 0 fully saturated rings. The van der Waals surface area contributed by atoms with Crippen molar-refractivity contribution in [2.24, 2.45) is 0 Å². The van der Waals surface area contributed by atoms with Crippen LogP contribution in [0.3, 0.4) is 0 Å². The summed E-state index contributed by atoms with van der Waals surface area (Å²) in [4.78, 5) is 0. The zero-order valence-electron chi connectivity index (χ0n) is 69.5. The minimum atomic E-state index is 0.845. The summed E-state index contributed by atoms with van der Waals surface area (Å²) in [6, 6.07) is 130. The molecule has 0 saturated carbocycles. The molecule has 0 N–H and O–H groups in total. The second-order valence-corrected chi connectivity index (χ2v) is 33.1. The van der Waals surface area contributed by atoms with Crippen LogP contribution in [0.15, 0.2) is 416 Å². The van der Waals surface area contributed by atoms with E-state index in [0.29, 0.717) is 0 Å². The lowest BCUT2D eigenvalue weighted by molar-refractivity contribution is 0.665. The Bertz CT molecular complexity index is 9350. The first-order chi connectivity index (χ1) is 62.6. The minimum absolute atomic E-state index is 0.845. The van der Waals surface area contributed by atoms with Crippen molar-refractivity contribution in [1.29, 1.82) is 0 Å². The Kier molecular flexibility index (Phi) is 16.7. The van der Waals surface area contributed by atoms with Crippen molar-refractivity contribution in [2.45, 2.75) is 27.7 Å². The lowest BCUT2D eigenvalue weighted by Gasteiger charge is -2.10. The first kappa shape index (κ1) is 73.1.